The quantitative estimate of drug-likeness (QED) is 0.720. The Morgan fingerprint density at radius 3 is 2.62 bits per heavy atom. The van der Waals surface area contributed by atoms with Gasteiger partial charge in [0.1, 0.15) is 10.7 Å². The van der Waals surface area contributed by atoms with E-state index in [1.807, 2.05) is 0 Å². The highest BCUT2D eigenvalue weighted by atomic mass is 35.5. The molecule has 1 rings (SSSR count). The van der Waals surface area contributed by atoms with Crippen molar-refractivity contribution >= 4 is 21.7 Å². The second-order valence-corrected chi connectivity index (χ2v) is 4.31. The summed E-state index contributed by atoms with van der Waals surface area (Å²) in [5.74, 6) is -0.883. The monoisotopic (exact) mass is 224 g/mol. The Labute approximate surface area is 80.2 Å². The van der Waals surface area contributed by atoms with Gasteiger partial charge < -0.3 is 0 Å². The van der Waals surface area contributed by atoms with Crippen LogP contribution in [0.15, 0.2) is 23.1 Å². The van der Waals surface area contributed by atoms with Crippen LogP contribution < -0.4 is 0 Å². The third-order valence-electron chi connectivity index (χ3n) is 1.38. The SMILES string of the molecule is COS(=O)(=O)c1cc(Cl)ccc1F. The van der Waals surface area contributed by atoms with Crippen LogP contribution in [0.5, 0.6) is 0 Å². The second kappa shape index (κ2) is 3.61. The van der Waals surface area contributed by atoms with Crippen LogP contribution in [-0.2, 0) is 14.3 Å². The lowest BCUT2D eigenvalue weighted by Gasteiger charge is -2.02. The molecule has 0 atom stereocenters. The standard InChI is InChI=1S/C7H6ClFO3S/c1-12-13(10,11)7-4-5(8)2-3-6(7)9/h2-4H,1H3. The van der Waals surface area contributed by atoms with E-state index in [-0.39, 0.29) is 5.02 Å². The Kier molecular flexibility index (Phi) is 2.90. The minimum absolute atomic E-state index is 0.136. The Balaban J connectivity index is 3.38. The van der Waals surface area contributed by atoms with Gasteiger partial charge in [0.25, 0.3) is 10.1 Å². The Bertz CT molecular complexity index is 416. The Hall–Kier alpha value is -0.650. The summed E-state index contributed by atoms with van der Waals surface area (Å²) in [6, 6.07) is 3.22. The fraction of sp³-hybridized carbons (Fsp3) is 0.143. The van der Waals surface area contributed by atoms with Gasteiger partial charge in [-0.2, -0.15) is 8.42 Å². The summed E-state index contributed by atoms with van der Waals surface area (Å²) in [5.41, 5.74) is 0. The van der Waals surface area contributed by atoms with E-state index in [4.69, 9.17) is 11.6 Å². The Morgan fingerprint density at radius 2 is 2.08 bits per heavy atom. The molecule has 13 heavy (non-hydrogen) atoms. The zero-order chi connectivity index (χ0) is 10.1. The van der Waals surface area contributed by atoms with Crippen LogP contribution in [0.3, 0.4) is 0 Å². The zero-order valence-electron chi connectivity index (χ0n) is 6.62. The minimum Gasteiger partial charge on any atom is -0.270 e. The molecule has 0 aromatic heterocycles. The van der Waals surface area contributed by atoms with E-state index in [2.05, 4.69) is 4.18 Å². The van der Waals surface area contributed by atoms with Gasteiger partial charge in [0, 0.05) is 5.02 Å². The van der Waals surface area contributed by atoms with Gasteiger partial charge in [-0.1, -0.05) is 11.6 Å². The summed E-state index contributed by atoms with van der Waals surface area (Å²) in [7, 11) is -3.06. The van der Waals surface area contributed by atoms with Crippen LogP contribution in [0.2, 0.25) is 5.02 Å². The van der Waals surface area contributed by atoms with Crippen molar-refractivity contribution in [3.63, 3.8) is 0 Å². The highest BCUT2D eigenvalue weighted by molar-refractivity contribution is 7.86. The molecule has 0 heterocycles. The lowest BCUT2D eigenvalue weighted by Crippen LogP contribution is -2.05. The molecule has 1 aromatic carbocycles. The molecular weight excluding hydrogens is 219 g/mol. The maximum Gasteiger partial charge on any atom is 0.299 e. The smallest absolute Gasteiger partial charge is 0.270 e. The molecule has 0 spiro atoms. The number of benzene rings is 1. The van der Waals surface area contributed by atoms with Gasteiger partial charge >= 0.3 is 0 Å². The van der Waals surface area contributed by atoms with E-state index >= 15 is 0 Å². The minimum atomic E-state index is -4.01. The van der Waals surface area contributed by atoms with Crippen LogP contribution >= 0.6 is 11.6 Å². The molecule has 0 amide bonds. The molecule has 0 saturated carbocycles. The lowest BCUT2D eigenvalue weighted by molar-refractivity contribution is 0.393. The highest BCUT2D eigenvalue weighted by Gasteiger charge is 2.18. The van der Waals surface area contributed by atoms with Crippen molar-refractivity contribution in [3.05, 3.63) is 29.0 Å². The molecule has 0 aliphatic heterocycles. The van der Waals surface area contributed by atoms with Gasteiger partial charge in [-0.3, -0.25) is 4.18 Å². The van der Waals surface area contributed by atoms with Crippen molar-refractivity contribution in [2.45, 2.75) is 4.90 Å². The summed E-state index contributed by atoms with van der Waals surface area (Å²) < 4.78 is 39.2. The first kappa shape index (κ1) is 10.4. The third-order valence-corrected chi connectivity index (χ3v) is 2.91. The van der Waals surface area contributed by atoms with Crippen molar-refractivity contribution in [2.75, 3.05) is 7.11 Å². The second-order valence-electron chi connectivity index (χ2n) is 2.20. The predicted molar refractivity (Wildman–Crippen MR) is 45.6 cm³/mol. The van der Waals surface area contributed by atoms with Gasteiger partial charge in [-0.05, 0) is 18.2 Å². The van der Waals surface area contributed by atoms with Crippen molar-refractivity contribution in [2.24, 2.45) is 0 Å². The average molecular weight is 225 g/mol. The van der Waals surface area contributed by atoms with E-state index in [9.17, 15) is 12.8 Å². The molecule has 6 heteroatoms. The molecule has 72 valence electrons. The van der Waals surface area contributed by atoms with E-state index in [0.29, 0.717) is 0 Å². The molecule has 0 saturated heterocycles. The summed E-state index contributed by atoms with van der Waals surface area (Å²) in [4.78, 5) is -0.553. The first-order valence-corrected chi connectivity index (χ1v) is 5.01. The van der Waals surface area contributed by atoms with Crippen LogP contribution in [0.4, 0.5) is 4.39 Å². The van der Waals surface area contributed by atoms with Crippen molar-refractivity contribution in [3.8, 4) is 0 Å². The lowest BCUT2D eigenvalue weighted by atomic mass is 10.3. The molecule has 1 aromatic rings. The van der Waals surface area contributed by atoms with E-state index in [1.165, 1.54) is 6.07 Å². The van der Waals surface area contributed by atoms with E-state index < -0.39 is 20.8 Å². The van der Waals surface area contributed by atoms with Gasteiger partial charge in [0.2, 0.25) is 0 Å². The van der Waals surface area contributed by atoms with Crippen molar-refractivity contribution < 1.29 is 17.0 Å². The molecule has 0 unspecified atom stereocenters. The number of halogens is 2. The van der Waals surface area contributed by atoms with Crippen LogP contribution in [0.25, 0.3) is 0 Å². The van der Waals surface area contributed by atoms with Gasteiger partial charge in [-0.15, -0.1) is 0 Å². The maximum absolute atomic E-state index is 12.9. The highest BCUT2D eigenvalue weighted by Crippen LogP contribution is 2.20. The molecular formula is C7H6ClFO3S. The van der Waals surface area contributed by atoms with Gasteiger partial charge in [0.15, 0.2) is 0 Å². The molecule has 3 nitrogen and oxygen atoms in total. The number of hydrogen-bond acceptors (Lipinski definition) is 3. The average Bonchev–Trinajstić information content (AvgIpc) is 2.09. The normalized spacial score (nSPS) is 11.6. The number of hydrogen-bond donors (Lipinski definition) is 0. The summed E-state index contributed by atoms with van der Waals surface area (Å²) in [5, 5.41) is 0.136. The maximum atomic E-state index is 12.9. The fourth-order valence-corrected chi connectivity index (χ4v) is 1.75. The van der Waals surface area contributed by atoms with Crippen molar-refractivity contribution in [1.29, 1.82) is 0 Å². The molecule has 0 aliphatic carbocycles. The topological polar surface area (TPSA) is 43.4 Å². The van der Waals surface area contributed by atoms with E-state index in [1.54, 1.807) is 0 Å². The molecule has 0 bridgehead atoms. The molecule has 0 fully saturated rings. The first-order chi connectivity index (χ1) is 5.97. The fourth-order valence-electron chi connectivity index (χ4n) is 0.759. The largest absolute Gasteiger partial charge is 0.299 e. The zero-order valence-corrected chi connectivity index (χ0v) is 8.19. The Morgan fingerprint density at radius 1 is 1.46 bits per heavy atom. The summed E-state index contributed by atoms with van der Waals surface area (Å²) in [6.07, 6.45) is 0. The molecule has 0 radical (unpaired) electrons. The third kappa shape index (κ3) is 2.18. The van der Waals surface area contributed by atoms with Gasteiger partial charge in [0.05, 0.1) is 7.11 Å². The van der Waals surface area contributed by atoms with E-state index in [0.717, 1.165) is 19.2 Å². The molecule has 0 N–H and O–H groups in total. The van der Waals surface area contributed by atoms with Crippen molar-refractivity contribution in [1.82, 2.24) is 0 Å². The molecule has 0 aliphatic rings. The predicted octanol–water partition coefficient (Wildman–Crippen LogP) is 1.81. The first-order valence-electron chi connectivity index (χ1n) is 3.23. The summed E-state index contributed by atoms with van der Waals surface area (Å²) >= 11 is 5.49. The van der Waals surface area contributed by atoms with Crippen LogP contribution in [-0.4, -0.2) is 15.5 Å². The number of rotatable bonds is 2. The van der Waals surface area contributed by atoms with Crippen LogP contribution in [0, 0.1) is 5.82 Å². The van der Waals surface area contributed by atoms with Gasteiger partial charge in [-0.25, -0.2) is 4.39 Å². The van der Waals surface area contributed by atoms with Crippen LogP contribution in [0.1, 0.15) is 0 Å². The summed E-state index contributed by atoms with van der Waals surface area (Å²) in [6.45, 7) is 0.